The highest BCUT2D eigenvalue weighted by atomic mass is 16.6. The van der Waals surface area contributed by atoms with E-state index in [1.807, 2.05) is 12.1 Å². The van der Waals surface area contributed by atoms with Crippen LogP contribution in [0.2, 0.25) is 0 Å². The largest absolute Gasteiger partial charge is 0.458 e. The number of hydrogen-bond acceptors (Lipinski definition) is 5. The van der Waals surface area contributed by atoms with Gasteiger partial charge in [0.2, 0.25) is 0 Å². The molecule has 1 unspecified atom stereocenters. The van der Waals surface area contributed by atoms with E-state index < -0.39 is 24.1 Å². The van der Waals surface area contributed by atoms with Crippen LogP contribution in [0.15, 0.2) is 59.7 Å². The molecule has 5 nitrogen and oxygen atoms in total. The predicted octanol–water partition coefficient (Wildman–Crippen LogP) is 4.56. The molecule has 2 aromatic rings. The lowest BCUT2D eigenvalue weighted by atomic mass is 9.87. The summed E-state index contributed by atoms with van der Waals surface area (Å²) in [6.45, 7) is 9.49. The van der Waals surface area contributed by atoms with E-state index in [2.05, 4.69) is 44.7 Å². The van der Waals surface area contributed by atoms with E-state index in [1.165, 1.54) is 5.56 Å². The van der Waals surface area contributed by atoms with E-state index >= 15 is 0 Å². The number of cyclic esters (lactones) is 1. The third-order valence-electron chi connectivity index (χ3n) is 5.64. The van der Waals surface area contributed by atoms with Gasteiger partial charge in [0.1, 0.15) is 6.61 Å². The van der Waals surface area contributed by atoms with Crippen LogP contribution >= 0.6 is 0 Å². The molecule has 3 rings (SSSR count). The summed E-state index contributed by atoms with van der Waals surface area (Å²) in [7, 11) is 0. The quantitative estimate of drug-likeness (QED) is 0.424. The fourth-order valence-electron chi connectivity index (χ4n) is 3.45. The minimum Gasteiger partial charge on any atom is -0.458 e. The first-order valence-corrected chi connectivity index (χ1v) is 10.9. The molecule has 33 heavy (non-hydrogen) atoms. The number of allylic oxidation sites excluding steroid dienone is 1. The third kappa shape index (κ3) is 5.91. The Balaban J connectivity index is 1.62. The van der Waals surface area contributed by atoms with Gasteiger partial charge in [-0.2, -0.15) is 0 Å². The predicted molar refractivity (Wildman–Crippen MR) is 127 cm³/mol. The number of benzene rings is 2. The SMILES string of the molecule is CC(C)=C1CC(CO)(COC(=O)c2ccc(C#Cc3ccc(C(C)(C)C)cc3)cc2)OC1=O. The summed E-state index contributed by atoms with van der Waals surface area (Å²) in [6, 6.07) is 15.0. The number of aliphatic hydroxyl groups excluding tert-OH is 1. The van der Waals surface area contributed by atoms with Crippen LogP contribution in [0.4, 0.5) is 0 Å². The molecule has 1 atom stereocenters. The van der Waals surface area contributed by atoms with Gasteiger partial charge < -0.3 is 14.6 Å². The lowest BCUT2D eigenvalue weighted by Crippen LogP contribution is -2.39. The maximum atomic E-state index is 12.5. The number of hydrogen-bond donors (Lipinski definition) is 1. The van der Waals surface area contributed by atoms with Crippen LogP contribution in [-0.4, -0.2) is 35.9 Å². The Hall–Kier alpha value is -3.36. The maximum absolute atomic E-state index is 12.5. The Bertz CT molecular complexity index is 1120. The smallest absolute Gasteiger partial charge is 0.338 e. The molecule has 0 saturated carbocycles. The fourth-order valence-corrected chi connectivity index (χ4v) is 3.45. The second-order valence-corrected chi connectivity index (χ2v) is 9.62. The monoisotopic (exact) mass is 446 g/mol. The number of ether oxygens (including phenoxy) is 2. The van der Waals surface area contributed by atoms with Crippen molar-refractivity contribution in [1.82, 2.24) is 0 Å². The van der Waals surface area contributed by atoms with E-state index in [-0.39, 0.29) is 18.4 Å². The second-order valence-electron chi connectivity index (χ2n) is 9.62. The molecule has 0 aliphatic carbocycles. The van der Waals surface area contributed by atoms with Gasteiger partial charge in [0.05, 0.1) is 12.2 Å². The summed E-state index contributed by atoms with van der Waals surface area (Å²) in [5.74, 6) is 5.20. The molecule has 1 N–H and O–H groups in total. The summed E-state index contributed by atoms with van der Waals surface area (Å²) in [5.41, 5.74) is 3.50. The highest BCUT2D eigenvalue weighted by molar-refractivity contribution is 5.92. The molecule has 0 amide bonds. The molecule has 1 saturated heterocycles. The van der Waals surface area contributed by atoms with Gasteiger partial charge in [0.15, 0.2) is 5.60 Å². The number of rotatable bonds is 4. The number of esters is 2. The van der Waals surface area contributed by atoms with Crippen molar-refractivity contribution >= 4 is 11.9 Å². The number of carbonyl (C=O) groups is 2. The molecule has 1 heterocycles. The summed E-state index contributed by atoms with van der Waals surface area (Å²) >= 11 is 0. The molecule has 2 aromatic carbocycles. The van der Waals surface area contributed by atoms with E-state index in [0.717, 1.165) is 16.7 Å². The second kappa shape index (κ2) is 9.64. The topological polar surface area (TPSA) is 72.8 Å². The molecule has 1 fully saturated rings. The summed E-state index contributed by atoms with van der Waals surface area (Å²) < 4.78 is 10.7. The van der Waals surface area contributed by atoms with Crippen LogP contribution in [0.25, 0.3) is 0 Å². The Morgan fingerprint density at radius 1 is 1.03 bits per heavy atom. The van der Waals surface area contributed by atoms with Crippen molar-refractivity contribution in [1.29, 1.82) is 0 Å². The zero-order valence-corrected chi connectivity index (χ0v) is 19.8. The maximum Gasteiger partial charge on any atom is 0.338 e. The van der Waals surface area contributed by atoms with Crippen LogP contribution in [0.1, 0.15) is 68.1 Å². The first kappa shape index (κ1) is 24.3. The third-order valence-corrected chi connectivity index (χ3v) is 5.64. The van der Waals surface area contributed by atoms with Crippen molar-refractivity contribution in [3.05, 3.63) is 81.9 Å². The van der Waals surface area contributed by atoms with Gasteiger partial charge in [-0.15, -0.1) is 0 Å². The number of carbonyl (C=O) groups excluding carboxylic acids is 2. The fraction of sp³-hybridized carbons (Fsp3) is 0.357. The Labute approximate surface area is 195 Å². The van der Waals surface area contributed by atoms with Crippen molar-refractivity contribution in [3.63, 3.8) is 0 Å². The summed E-state index contributed by atoms with van der Waals surface area (Å²) in [5, 5.41) is 9.76. The Morgan fingerprint density at radius 3 is 2.03 bits per heavy atom. The van der Waals surface area contributed by atoms with Crippen molar-refractivity contribution in [2.45, 2.75) is 52.1 Å². The number of aliphatic hydroxyl groups is 1. The van der Waals surface area contributed by atoms with E-state index in [4.69, 9.17) is 9.47 Å². The van der Waals surface area contributed by atoms with Crippen molar-refractivity contribution in [2.24, 2.45) is 0 Å². The molecule has 1 aliphatic rings. The first-order valence-electron chi connectivity index (χ1n) is 10.9. The molecular formula is C28H30O5. The van der Waals surface area contributed by atoms with Crippen LogP contribution in [0.3, 0.4) is 0 Å². The summed E-state index contributed by atoms with van der Waals surface area (Å²) in [6.07, 6.45) is 0.212. The van der Waals surface area contributed by atoms with Gasteiger partial charge in [-0.1, -0.05) is 50.3 Å². The van der Waals surface area contributed by atoms with Crippen molar-refractivity contribution in [3.8, 4) is 11.8 Å². The standard InChI is InChI=1S/C28H30O5/c1-19(2)24-16-28(17-29,33-26(24)31)18-32-25(30)22-12-8-20(9-13-22)6-7-21-10-14-23(15-11-21)27(3,4)5/h8-15,29H,16-18H2,1-5H3. The lowest BCUT2D eigenvalue weighted by molar-refractivity contribution is -0.154. The van der Waals surface area contributed by atoms with Crippen LogP contribution in [0, 0.1) is 11.8 Å². The minimum absolute atomic E-state index is 0.0978. The van der Waals surface area contributed by atoms with Crippen molar-refractivity contribution < 1.29 is 24.2 Å². The molecule has 0 radical (unpaired) electrons. The van der Waals surface area contributed by atoms with Crippen LogP contribution in [0.5, 0.6) is 0 Å². The average molecular weight is 447 g/mol. The molecule has 0 bridgehead atoms. The van der Waals surface area contributed by atoms with Gasteiger partial charge in [-0.05, 0) is 61.2 Å². The zero-order chi connectivity index (χ0) is 24.2. The van der Waals surface area contributed by atoms with Crippen molar-refractivity contribution in [2.75, 3.05) is 13.2 Å². The molecule has 5 heteroatoms. The molecule has 1 aliphatic heterocycles. The van der Waals surface area contributed by atoms with E-state index in [9.17, 15) is 14.7 Å². The van der Waals surface area contributed by atoms with Crippen LogP contribution in [-0.2, 0) is 19.7 Å². The van der Waals surface area contributed by atoms with E-state index in [0.29, 0.717) is 11.1 Å². The normalized spacial score (nSPS) is 17.8. The van der Waals surface area contributed by atoms with Crippen LogP contribution < -0.4 is 0 Å². The lowest BCUT2D eigenvalue weighted by Gasteiger charge is -2.24. The Morgan fingerprint density at radius 2 is 1.58 bits per heavy atom. The molecular weight excluding hydrogens is 416 g/mol. The van der Waals surface area contributed by atoms with Gasteiger partial charge in [-0.3, -0.25) is 0 Å². The summed E-state index contributed by atoms with van der Waals surface area (Å²) in [4.78, 5) is 24.5. The van der Waals surface area contributed by atoms with E-state index in [1.54, 1.807) is 38.1 Å². The molecule has 0 aromatic heterocycles. The average Bonchev–Trinajstić information content (AvgIpc) is 3.13. The Kier molecular flexibility index (Phi) is 7.09. The highest BCUT2D eigenvalue weighted by Crippen LogP contribution is 2.33. The highest BCUT2D eigenvalue weighted by Gasteiger charge is 2.45. The van der Waals surface area contributed by atoms with Gasteiger partial charge in [0, 0.05) is 23.1 Å². The first-order chi connectivity index (χ1) is 15.5. The minimum atomic E-state index is -1.23. The van der Waals surface area contributed by atoms with Gasteiger partial charge >= 0.3 is 11.9 Å². The molecule has 172 valence electrons. The molecule has 0 spiro atoms. The zero-order valence-electron chi connectivity index (χ0n) is 19.8. The van der Waals surface area contributed by atoms with Gasteiger partial charge in [-0.25, -0.2) is 9.59 Å². The van der Waals surface area contributed by atoms with Gasteiger partial charge in [0.25, 0.3) is 0 Å².